The van der Waals surface area contributed by atoms with Crippen LogP contribution < -0.4 is 16.1 Å². The molecule has 1 aliphatic heterocycles. The van der Waals surface area contributed by atoms with E-state index in [4.69, 9.17) is 9.47 Å². The number of carbonyl (C=O) groups excluding carboxylic acids is 4. The van der Waals surface area contributed by atoms with Crippen LogP contribution in [0, 0.1) is 5.92 Å². The molecule has 0 saturated carbocycles. The van der Waals surface area contributed by atoms with Crippen LogP contribution in [0.1, 0.15) is 72.3 Å². The summed E-state index contributed by atoms with van der Waals surface area (Å²) in [6, 6.07) is 3.70. The fraction of sp³-hybridized carbons (Fsp3) is 0.600. The van der Waals surface area contributed by atoms with Crippen LogP contribution in [0.25, 0.3) is 0 Å². The van der Waals surface area contributed by atoms with Gasteiger partial charge in [-0.25, -0.2) is 10.2 Å². The molecule has 4 N–H and O–H groups in total. The normalized spacial score (nSPS) is 16.8. The van der Waals surface area contributed by atoms with Gasteiger partial charge in [0.1, 0.15) is 29.5 Å². The Balaban J connectivity index is 2.17. The largest absolute Gasteiger partial charge is 0.508 e. The second-order valence-electron chi connectivity index (χ2n) is 11.6. The predicted octanol–water partition coefficient (Wildman–Crippen LogP) is 3.36. The number of nitrogens with one attached hydrogen (secondary N) is 3. The SMILES string of the molecule is C=CCCCCOC(=O)[C@@H]1CCCN(C(=O)[C@H](Cc2cccc(O)c2)NC(=O)C(NC(=O)OC(C)(C)C)C(C)C)N1. The highest BCUT2D eigenvalue weighted by Crippen LogP contribution is 2.17. The van der Waals surface area contributed by atoms with Crippen molar-refractivity contribution < 1.29 is 33.8 Å². The Morgan fingerprint density at radius 3 is 2.56 bits per heavy atom. The fourth-order valence-electron chi connectivity index (χ4n) is 4.32. The summed E-state index contributed by atoms with van der Waals surface area (Å²) in [4.78, 5) is 52.2. The van der Waals surface area contributed by atoms with Crippen molar-refractivity contribution >= 4 is 23.9 Å². The number of carbonyl (C=O) groups is 4. The van der Waals surface area contributed by atoms with Crippen LogP contribution >= 0.6 is 0 Å². The van der Waals surface area contributed by atoms with E-state index in [9.17, 15) is 24.3 Å². The summed E-state index contributed by atoms with van der Waals surface area (Å²) in [5.41, 5.74) is 2.84. The van der Waals surface area contributed by atoms with Gasteiger partial charge < -0.3 is 25.2 Å². The summed E-state index contributed by atoms with van der Waals surface area (Å²) in [7, 11) is 0. The maximum atomic E-state index is 13.7. The number of ether oxygens (including phenoxy) is 2. The second kappa shape index (κ2) is 16.0. The van der Waals surface area contributed by atoms with E-state index < -0.39 is 47.6 Å². The average Bonchev–Trinajstić information content (AvgIpc) is 2.89. The third-order valence-corrected chi connectivity index (χ3v) is 6.37. The molecule has 3 atom stereocenters. The Morgan fingerprint density at radius 1 is 1.20 bits per heavy atom. The van der Waals surface area contributed by atoms with Crippen molar-refractivity contribution in [3.63, 3.8) is 0 Å². The first-order valence-electron chi connectivity index (χ1n) is 14.2. The third kappa shape index (κ3) is 11.8. The number of hydrogen-bond acceptors (Lipinski definition) is 8. The monoisotopic (exact) mass is 574 g/mol. The van der Waals surface area contributed by atoms with E-state index in [1.807, 2.05) is 6.08 Å². The number of phenols is 1. The zero-order valence-corrected chi connectivity index (χ0v) is 24.9. The minimum absolute atomic E-state index is 0.0265. The molecule has 3 amide bonds. The molecule has 1 unspecified atom stereocenters. The summed E-state index contributed by atoms with van der Waals surface area (Å²) in [5.74, 6) is -1.73. The summed E-state index contributed by atoms with van der Waals surface area (Å²) < 4.78 is 10.7. The molecule has 0 aliphatic carbocycles. The Kier molecular flexibility index (Phi) is 13.1. The third-order valence-electron chi connectivity index (χ3n) is 6.37. The molecule has 0 bridgehead atoms. The van der Waals surface area contributed by atoms with Crippen LogP contribution in [0.15, 0.2) is 36.9 Å². The van der Waals surface area contributed by atoms with E-state index in [0.29, 0.717) is 24.9 Å². The van der Waals surface area contributed by atoms with Crippen molar-refractivity contribution in [3.05, 3.63) is 42.5 Å². The lowest BCUT2D eigenvalue weighted by molar-refractivity contribution is -0.153. The molecule has 11 nitrogen and oxygen atoms in total. The maximum Gasteiger partial charge on any atom is 0.408 e. The lowest BCUT2D eigenvalue weighted by atomic mass is 10.0. The smallest absolute Gasteiger partial charge is 0.408 e. The number of allylic oxidation sites excluding steroid dienone is 1. The van der Waals surface area contributed by atoms with E-state index in [0.717, 1.165) is 19.3 Å². The molecule has 1 saturated heterocycles. The van der Waals surface area contributed by atoms with Gasteiger partial charge in [0.05, 0.1) is 6.61 Å². The number of hydrazine groups is 1. The quantitative estimate of drug-likeness (QED) is 0.159. The van der Waals surface area contributed by atoms with Gasteiger partial charge in [-0.3, -0.25) is 19.4 Å². The van der Waals surface area contributed by atoms with Gasteiger partial charge in [-0.05, 0) is 76.5 Å². The number of benzene rings is 1. The number of rotatable bonds is 13. The number of phenolic OH excluding ortho intramolecular Hbond substituents is 1. The minimum Gasteiger partial charge on any atom is -0.508 e. The molecular weight excluding hydrogens is 528 g/mol. The number of alkyl carbamates (subject to hydrolysis) is 1. The van der Waals surface area contributed by atoms with E-state index in [1.165, 1.54) is 17.1 Å². The molecule has 41 heavy (non-hydrogen) atoms. The van der Waals surface area contributed by atoms with E-state index in [1.54, 1.807) is 46.8 Å². The fourth-order valence-corrected chi connectivity index (χ4v) is 4.32. The standard InChI is InChI=1S/C30H46N4O7/c1-7-8-9-10-17-40-28(38)23-15-12-16-34(33-23)27(37)24(19-21-13-11-14-22(35)18-21)31-26(36)25(20(2)3)32-29(39)41-30(4,5)6/h7,11,13-14,18,20,23-25,33,35H,1,8-10,12,15-17,19H2,2-6H3,(H,31,36)(H,32,39)/t23-,24-,25?/m0/s1. The van der Waals surface area contributed by atoms with Crippen LogP contribution in [0.2, 0.25) is 0 Å². The van der Waals surface area contributed by atoms with Gasteiger partial charge in [0, 0.05) is 13.0 Å². The molecule has 0 radical (unpaired) electrons. The van der Waals surface area contributed by atoms with Crippen molar-refractivity contribution in [2.24, 2.45) is 5.92 Å². The molecule has 1 aromatic carbocycles. The van der Waals surface area contributed by atoms with Gasteiger partial charge in [-0.1, -0.05) is 32.1 Å². The topological polar surface area (TPSA) is 146 Å². The van der Waals surface area contributed by atoms with Crippen molar-refractivity contribution in [1.29, 1.82) is 0 Å². The Hall–Kier alpha value is -3.60. The van der Waals surface area contributed by atoms with Crippen LogP contribution in [-0.2, 0) is 30.3 Å². The van der Waals surface area contributed by atoms with Crippen LogP contribution in [-0.4, -0.2) is 70.9 Å². The summed E-state index contributed by atoms with van der Waals surface area (Å²) in [5, 5.41) is 16.7. The Morgan fingerprint density at radius 2 is 1.93 bits per heavy atom. The molecule has 0 spiro atoms. The van der Waals surface area contributed by atoms with E-state index in [2.05, 4.69) is 22.6 Å². The number of unbranched alkanes of at least 4 members (excludes halogenated alkanes) is 2. The van der Waals surface area contributed by atoms with Crippen LogP contribution in [0.3, 0.4) is 0 Å². The van der Waals surface area contributed by atoms with Gasteiger partial charge in [0.25, 0.3) is 5.91 Å². The molecular formula is C30H46N4O7. The van der Waals surface area contributed by atoms with Gasteiger partial charge >= 0.3 is 12.1 Å². The number of hydrogen-bond donors (Lipinski definition) is 4. The molecule has 1 aromatic rings. The van der Waals surface area contributed by atoms with E-state index >= 15 is 0 Å². The maximum absolute atomic E-state index is 13.7. The zero-order valence-electron chi connectivity index (χ0n) is 24.9. The summed E-state index contributed by atoms with van der Waals surface area (Å²) in [6.07, 6.45) is 4.66. The number of amides is 3. The molecule has 1 aliphatic rings. The number of nitrogens with zero attached hydrogens (tertiary/aromatic N) is 1. The zero-order chi connectivity index (χ0) is 30.6. The van der Waals surface area contributed by atoms with Crippen molar-refractivity contribution in [3.8, 4) is 5.75 Å². The minimum atomic E-state index is -1.05. The summed E-state index contributed by atoms with van der Waals surface area (Å²) >= 11 is 0. The Bertz CT molecular complexity index is 1050. The van der Waals surface area contributed by atoms with Gasteiger partial charge in [0.2, 0.25) is 5.91 Å². The predicted molar refractivity (Wildman–Crippen MR) is 155 cm³/mol. The molecule has 1 fully saturated rings. The molecule has 228 valence electrons. The number of esters is 1. The van der Waals surface area contributed by atoms with Gasteiger partial charge in [0.15, 0.2) is 0 Å². The highest BCUT2D eigenvalue weighted by molar-refractivity contribution is 5.91. The summed E-state index contributed by atoms with van der Waals surface area (Å²) in [6.45, 7) is 13.0. The average molecular weight is 575 g/mol. The Labute approximate surface area is 243 Å². The molecule has 11 heteroatoms. The first-order chi connectivity index (χ1) is 19.3. The first-order valence-corrected chi connectivity index (χ1v) is 14.2. The highest BCUT2D eigenvalue weighted by Gasteiger charge is 2.35. The van der Waals surface area contributed by atoms with Crippen molar-refractivity contribution in [2.45, 2.75) is 96.9 Å². The first kappa shape index (κ1) is 33.6. The number of aromatic hydroxyl groups is 1. The lowest BCUT2D eigenvalue weighted by Gasteiger charge is -2.35. The van der Waals surface area contributed by atoms with Crippen molar-refractivity contribution in [1.82, 2.24) is 21.1 Å². The molecule has 2 rings (SSSR count). The van der Waals surface area contributed by atoms with Gasteiger partial charge in [-0.15, -0.1) is 6.58 Å². The highest BCUT2D eigenvalue weighted by atomic mass is 16.6. The molecule has 1 heterocycles. The van der Waals surface area contributed by atoms with E-state index in [-0.39, 0.29) is 24.7 Å². The van der Waals surface area contributed by atoms with Crippen molar-refractivity contribution in [2.75, 3.05) is 13.2 Å². The van der Waals surface area contributed by atoms with Crippen LogP contribution in [0.4, 0.5) is 4.79 Å². The van der Waals surface area contributed by atoms with Gasteiger partial charge in [-0.2, -0.15) is 0 Å². The lowest BCUT2D eigenvalue weighted by Crippen LogP contribution is -2.62. The molecule has 0 aromatic heterocycles. The second-order valence-corrected chi connectivity index (χ2v) is 11.6. The van der Waals surface area contributed by atoms with Crippen LogP contribution in [0.5, 0.6) is 5.75 Å².